The van der Waals surface area contributed by atoms with Gasteiger partial charge in [-0.2, -0.15) is 0 Å². The molecule has 0 saturated heterocycles. The molecule has 1 heterocycles. The maximum absolute atomic E-state index is 11.1. The van der Waals surface area contributed by atoms with E-state index in [9.17, 15) is 4.79 Å². The molecular formula is C22H22O3S. The lowest BCUT2D eigenvalue weighted by Crippen LogP contribution is -1.96. The highest BCUT2D eigenvalue weighted by atomic mass is 32.2. The fraction of sp³-hybridized carbons (Fsp3) is 0.227. The third kappa shape index (κ3) is 4.79. The van der Waals surface area contributed by atoms with Crippen LogP contribution in [-0.2, 0) is 17.2 Å². The van der Waals surface area contributed by atoms with Crippen LogP contribution >= 0.6 is 11.8 Å². The van der Waals surface area contributed by atoms with Crippen molar-refractivity contribution in [1.29, 1.82) is 0 Å². The lowest BCUT2D eigenvalue weighted by Gasteiger charge is -2.07. The maximum Gasteiger partial charge on any atom is 0.186 e. The van der Waals surface area contributed by atoms with E-state index in [-0.39, 0.29) is 5.12 Å². The topological polar surface area (TPSA) is 39.4 Å². The molecule has 134 valence electrons. The van der Waals surface area contributed by atoms with E-state index in [1.165, 1.54) is 17.3 Å². The number of furan rings is 1. The van der Waals surface area contributed by atoms with Crippen molar-refractivity contribution in [1.82, 2.24) is 0 Å². The summed E-state index contributed by atoms with van der Waals surface area (Å²) in [6.07, 6.45) is 0. The molecule has 0 amide bonds. The first-order chi connectivity index (χ1) is 12.5. The SMILES string of the molecule is CC(=O)SCc1cccc(OCc2cc(-c3ccc(C)cc3)oc2C)c1. The average Bonchev–Trinajstić information content (AvgIpc) is 3.00. The van der Waals surface area contributed by atoms with Crippen LogP contribution in [0.25, 0.3) is 11.3 Å². The molecule has 0 saturated carbocycles. The Morgan fingerprint density at radius 3 is 2.58 bits per heavy atom. The van der Waals surface area contributed by atoms with Crippen molar-refractivity contribution in [3.63, 3.8) is 0 Å². The summed E-state index contributed by atoms with van der Waals surface area (Å²) < 4.78 is 11.8. The number of carbonyl (C=O) groups excluding carboxylic acids is 1. The van der Waals surface area contributed by atoms with Gasteiger partial charge in [0.15, 0.2) is 5.12 Å². The van der Waals surface area contributed by atoms with Crippen molar-refractivity contribution in [2.75, 3.05) is 0 Å². The number of hydrogen-bond donors (Lipinski definition) is 0. The molecule has 2 aromatic carbocycles. The minimum absolute atomic E-state index is 0.119. The Morgan fingerprint density at radius 1 is 1.08 bits per heavy atom. The third-order valence-corrected chi connectivity index (χ3v) is 4.98. The number of hydrogen-bond acceptors (Lipinski definition) is 4. The largest absolute Gasteiger partial charge is 0.489 e. The van der Waals surface area contributed by atoms with E-state index >= 15 is 0 Å². The van der Waals surface area contributed by atoms with Gasteiger partial charge in [0.05, 0.1) is 0 Å². The molecule has 0 spiro atoms. The summed E-state index contributed by atoms with van der Waals surface area (Å²) in [5, 5.41) is 0.119. The summed E-state index contributed by atoms with van der Waals surface area (Å²) in [5.41, 5.74) is 4.40. The van der Waals surface area contributed by atoms with Gasteiger partial charge in [0.1, 0.15) is 23.9 Å². The van der Waals surface area contributed by atoms with E-state index < -0.39 is 0 Å². The van der Waals surface area contributed by atoms with Crippen molar-refractivity contribution >= 4 is 16.9 Å². The molecule has 0 unspecified atom stereocenters. The van der Waals surface area contributed by atoms with E-state index in [0.717, 1.165) is 34.0 Å². The predicted molar refractivity (Wildman–Crippen MR) is 106 cm³/mol. The van der Waals surface area contributed by atoms with Gasteiger partial charge < -0.3 is 9.15 Å². The van der Waals surface area contributed by atoms with Crippen LogP contribution in [0.1, 0.15) is 29.4 Å². The third-order valence-electron chi connectivity index (χ3n) is 4.09. The normalized spacial score (nSPS) is 10.7. The lowest BCUT2D eigenvalue weighted by molar-refractivity contribution is -0.109. The van der Waals surface area contributed by atoms with Crippen LogP contribution in [0.2, 0.25) is 0 Å². The standard InChI is InChI=1S/C22H22O3S/c1-15-7-9-19(10-8-15)22-12-20(16(2)25-22)13-24-21-6-4-5-18(11-21)14-26-17(3)23/h4-12H,13-14H2,1-3H3. The van der Waals surface area contributed by atoms with Crippen molar-refractivity contribution in [3.8, 4) is 17.1 Å². The maximum atomic E-state index is 11.1. The molecule has 0 atom stereocenters. The predicted octanol–water partition coefficient (Wildman–Crippen LogP) is 5.92. The lowest BCUT2D eigenvalue weighted by atomic mass is 10.1. The van der Waals surface area contributed by atoms with Gasteiger partial charge in [0.2, 0.25) is 0 Å². The number of rotatable bonds is 6. The summed E-state index contributed by atoms with van der Waals surface area (Å²) in [5.74, 6) is 3.18. The van der Waals surface area contributed by atoms with Crippen molar-refractivity contribution in [2.45, 2.75) is 33.1 Å². The van der Waals surface area contributed by atoms with Crippen LogP contribution in [-0.4, -0.2) is 5.12 Å². The number of ether oxygens (including phenoxy) is 1. The second-order valence-electron chi connectivity index (χ2n) is 6.27. The van der Waals surface area contributed by atoms with Gasteiger partial charge in [-0.15, -0.1) is 0 Å². The number of carbonyl (C=O) groups is 1. The van der Waals surface area contributed by atoms with E-state index in [4.69, 9.17) is 9.15 Å². The molecule has 0 N–H and O–H groups in total. The Balaban J connectivity index is 1.67. The Kier molecular flexibility index (Phi) is 5.84. The van der Waals surface area contributed by atoms with E-state index in [0.29, 0.717) is 12.4 Å². The van der Waals surface area contributed by atoms with Crippen molar-refractivity contribution < 1.29 is 13.9 Å². The van der Waals surface area contributed by atoms with Crippen LogP contribution in [0.5, 0.6) is 5.75 Å². The molecule has 26 heavy (non-hydrogen) atoms. The molecule has 0 aliphatic carbocycles. The molecule has 0 aliphatic heterocycles. The number of benzene rings is 2. The molecule has 0 radical (unpaired) electrons. The first-order valence-electron chi connectivity index (χ1n) is 8.53. The fourth-order valence-electron chi connectivity index (χ4n) is 2.59. The zero-order valence-corrected chi connectivity index (χ0v) is 16.1. The van der Waals surface area contributed by atoms with Crippen LogP contribution in [0.15, 0.2) is 59.0 Å². The summed E-state index contributed by atoms with van der Waals surface area (Å²) in [6.45, 7) is 6.05. The Labute approximate surface area is 158 Å². The quantitative estimate of drug-likeness (QED) is 0.543. The molecule has 1 aromatic heterocycles. The molecule has 3 nitrogen and oxygen atoms in total. The fourth-order valence-corrected chi connectivity index (χ4v) is 3.14. The second-order valence-corrected chi connectivity index (χ2v) is 7.43. The smallest absolute Gasteiger partial charge is 0.186 e. The number of thioether (sulfide) groups is 1. The Morgan fingerprint density at radius 2 is 1.85 bits per heavy atom. The van der Waals surface area contributed by atoms with Gasteiger partial charge in [0.25, 0.3) is 0 Å². The van der Waals surface area contributed by atoms with E-state index in [1.54, 1.807) is 6.92 Å². The molecular weight excluding hydrogens is 344 g/mol. The second kappa shape index (κ2) is 8.28. The highest BCUT2D eigenvalue weighted by Crippen LogP contribution is 2.27. The van der Waals surface area contributed by atoms with Crippen LogP contribution in [0.3, 0.4) is 0 Å². The van der Waals surface area contributed by atoms with Crippen molar-refractivity contribution in [2.24, 2.45) is 0 Å². The summed E-state index contributed by atoms with van der Waals surface area (Å²) in [4.78, 5) is 11.1. The Hall–Kier alpha value is -2.46. The summed E-state index contributed by atoms with van der Waals surface area (Å²) in [7, 11) is 0. The Bertz CT molecular complexity index is 894. The van der Waals surface area contributed by atoms with E-state index in [2.05, 4.69) is 31.2 Å². The van der Waals surface area contributed by atoms with Crippen LogP contribution in [0, 0.1) is 13.8 Å². The van der Waals surface area contributed by atoms with Crippen molar-refractivity contribution in [3.05, 3.63) is 77.0 Å². The average molecular weight is 366 g/mol. The van der Waals surface area contributed by atoms with Crippen LogP contribution in [0.4, 0.5) is 0 Å². The monoisotopic (exact) mass is 366 g/mol. The first-order valence-corrected chi connectivity index (χ1v) is 9.51. The summed E-state index contributed by atoms with van der Waals surface area (Å²) >= 11 is 1.30. The first kappa shape index (κ1) is 18.3. The van der Waals surface area contributed by atoms with Gasteiger partial charge in [-0.25, -0.2) is 0 Å². The summed E-state index contributed by atoms with van der Waals surface area (Å²) in [6, 6.07) is 18.2. The highest BCUT2D eigenvalue weighted by molar-refractivity contribution is 8.12. The molecule has 3 aromatic rings. The minimum atomic E-state index is 0.119. The minimum Gasteiger partial charge on any atom is -0.489 e. The van der Waals surface area contributed by atoms with E-state index in [1.807, 2.05) is 37.3 Å². The number of aryl methyl sites for hydroxylation is 2. The molecule has 0 fully saturated rings. The van der Waals surface area contributed by atoms with Gasteiger partial charge >= 0.3 is 0 Å². The van der Waals surface area contributed by atoms with Gasteiger partial charge in [-0.05, 0) is 37.6 Å². The van der Waals surface area contributed by atoms with Gasteiger partial charge in [-0.3, -0.25) is 4.79 Å². The van der Waals surface area contributed by atoms with Gasteiger partial charge in [-0.1, -0.05) is 53.7 Å². The van der Waals surface area contributed by atoms with Gasteiger partial charge in [0, 0.05) is 23.8 Å². The molecule has 0 bridgehead atoms. The molecule has 0 aliphatic rings. The molecule has 3 rings (SSSR count). The zero-order chi connectivity index (χ0) is 18.5. The zero-order valence-electron chi connectivity index (χ0n) is 15.2. The molecule has 4 heteroatoms. The highest BCUT2D eigenvalue weighted by Gasteiger charge is 2.10. The van der Waals surface area contributed by atoms with Crippen LogP contribution < -0.4 is 4.74 Å².